The summed E-state index contributed by atoms with van der Waals surface area (Å²) in [6.07, 6.45) is 0. The van der Waals surface area contributed by atoms with Crippen LogP contribution in [0, 0.1) is 5.82 Å². The number of nitrogens with zero attached hydrogens (tertiary/aromatic N) is 2. The molecule has 0 radical (unpaired) electrons. The molecule has 4 rings (SSSR count). The van der Waals surface area contributed by atoms with Gasteiger partial charge in [0, 0.05) is 6.54 Å². The highest BCUT2D eigenvalue weighted by molar-refractivity contribution is 5.94. The van der Waals surface area contributed by atoms with Gasteiger partial charge in [0.05, 0.1) is 23.6 Å². The fraction of sp³-hybridized carbons (Fsp3) is 0.273. The molecule has 3 aromatic carbocycles. The maximum absolute atomic E-state index is 13.4. The molecule has 2 nitrogen and oxygen atoms in total. The fourth-order valence-electron chi connectivity index (χ4n) is 3.77. The second kappa shape index (κ2) is 5.76. The van der Waals surface area contributed by atoms with Crippen molar-refractivity contribution in [3.8, 4) is 0 Å². The third kappa shape index (κ3) is 2.55. The van der Waals surface area contributed by atoms with Crippen molar-refractivity contribution in [1.82, 2.24) is 0 Å². The van der Waals surface area contributed by atoms with Crippen LogP contribution in [0.25, 0.3) is 10.8 Å². The van der Waals surface area contributed by atoms with Crippen molar-refractivity contribution in [1.29, 1.82) is 0 Å². The summed E-state index contributed by atoms with van der Waals surface area (Å²) in [6, 6.07) is 19.9. The van der Waals surface area contributed by atoms with Crippen LogP contribution in [0.15, 0.2) is 60.7 Å². The zero-order valence-electron chi connectivity index (χ0n) is 15.0. The minimum Gasteiger partial charge on any atom is -0.352 e. The van der Waals surface area contributed by atoms with Crippen molar-refractivity contribution < 1.29 is 4.39 Å². The standard InChI is InChI=1S/C22H23FN2/c1-4-24-15-25(22(2,3)18-9-11-19(23)12-10-18)21-14-17-8-6-5-7-16(17)13-20(21)24/h5-14H,4,15H2,1-3H3. The number of halogens is 1. The molecule has 1 heterocycles. The van der Waals surface area contributed by atoms with Crippen LogP contribution in [0.3, 0.4) is 0 Å². The molecule has 0 aromatic heterocycles. The molecule has 3 heteroatoms. The molecule has 0 fully saturated rings. The van der Waals surface area contributed by atoms with Crippen molar-refractivity contribution in [3.05, 3.63) is 72.0 Å². The minimum atomic E-state index is -0.227. The molecule has 0 bridgehead atoms. The molecular weight excluding hydrogens is 311 g/mol. The highest BCUT2D eigenvalue weighted by atomic mass is 19.1. The van der Waals surface area contributed by atoms with Crippen LogP contribution in [0.5, 0.6) is 0 Å². The Kier molecular flexibility index (Phi) is 3.68. The maximum Gasteiger partial charge on any atom is 0.123 e. The van der Waals surface area contributed by atoms with Crippen LogP contribution in [0.2, 0.25) is 0 Å². The van der Waals surface area contributed by atoms with Gasteiger partial charge in [-0.1, -0.05) is 36.4 Å². The normalized spacial score (nSPS) is 14.2. The molecule has 0 saturated heterocycles. The quantitative estimate of drug-likeness (QED) is 0.622. The molecule has 0 aliphatic carbocycles. The van der Waals surface area contributed by atoms with Gasteiger partial charge in [-0.25, -0.2) is 4.39 Å². The van der Waals surface area contributed by atoms with Crippen molar-refractivity contribution >= 4 is 22.1 Å². The molecule has 0 amide bonds. The summed E-state index contributed by atoms with van der Waals surface area (Å²) in [5, 5.41) is 2.51. The fourth-order valence-corrected chi connectivity index (χ4v) is 3.77. The molecule has 0 saturated carbocycles. The van der Waals surface area contributed by atoms with E-state index in [1.54, 1.807) is 12.1 Å². The largest absolute Gasteiger partial charge is 0.352 e. The highest BCUT2D eigenvalue weighted by Gasteiger charge is 2.36. The van der Waals surface area contributed by atoms with Gasteiger partial charge >= 0.3 is 0 Å². The van der Waals surface area contributed by atoms with Gasteiger partial charge in [-0.15, -0.1) is 0 Å². The number of hydrogen-bond donors (Lipinski definition) is 0. The lowest BCUT2D eigenvalue weighted by atomic mass is 9.92. The Morgan fingerprint density at radius 3 is 2.12 bits per heavy atom. The molecule has 0 spiro atoms. The summed E-state index contributed by atoms with van der Waals surface area (Å²) in [5.74, 6) is -0.192. The van der Waals surface area contributed by atoms with E-state index in [1.807, 2.05) is 12.1 Å². The topological polar surface area (TPSA) is 6.48 Å². The Labute approximate surface area is 148 Å². The smallest absolute Gasteiger partial charge is 0.123 e. The van der Waals surface area contributed by atoms with E-state index in [1.165, 1.54) is 22.1 Å². The van der Waals surface area contributed by atoms with Crippen LogP contribution >= 0.6 is 0 Å². The summed E-state index contributed by atoms with van der Waals surface area (Å²) in [4.78, 5) is 4.82. The molecule has 1 aliphatic heterocycles. The Hall–Kier alpha value is -2.55. The summed E-state index contributed by atoms with van der Waals surface area (Å²) in [7, 11) is 0. The van der Waals surface area contributed by atoms with Crippen LogP contribution in [-0.2, 0) is 5.54 Å². The van der Waals surface area contributed by atoms with Crippen molar-refractivity contribution in [2.24, 2.45) is 0 Å². The van der Waals surface area contributed by atoms with Crippen LogP contribution in [0.1, 0.15) is 26.3 Å². The van der Waals surface area contributed by atoms with Gasteiger partial charge in [0.15, 0.2) is 0 Å². The molecule has 25 heavy (non-hydrogen) atoms. The molecule has 3 aromatic rings. The Balaban J connectivity index is 1.85. The zero-order chi connectivity index (χ0) is 17.6. The monoisotopic (exact) mass is 334 g/mol. The van der Waals surface area contributed by atoms with Crippen molar-refractivity contribution in [2.45, 2.75) is 26.3 Å². The first-order valence-corrected chi connectivity index (χ1v) is 8.82. The van der Waals surface area contributed by atoms with Crippen LogP contribution in [0.4, 0.5) is 15.8 Å². The van der Waals surface area contributed by atoms with Gasteiger partial charge in [-0.05, 0) is 61.4 Å². The first-order chi connectivity index (χ1) is 12.0. The zero-order valence-corrected chi connectivity index (χ0v) is 15.0. The average Bonchev–Trinajstić information content (AvgIpc) is 2.98. The van der Waals surface area contributed by atoms with Crippen molar-refractivity contribution in [2.75, 3.05) is 23.0 Å². The summed E-state index contributed by atoms with van der Waals surface area (Å²) >= 11 is 0. The van der Waals surface area contributed by atoms with E-state index in [-0.39, 0.29) is 11.4 Å². The van der Waals surface area contributed by atoms with Gasteiger partial charge in [0.25, 0.3) is 0 Å². The van der Waals surface area contributed by atoms with Gasteiger partial charge in [0.2, 0.25) is 0 Å². The second-order valence-electron chi connectivity index (χ2n) is 7.18. The second-order valence-corrected chi connectivity index (χ2v) is 7.18. The van der Waals surface area contributed by atoms with Gasteiger partial charge in [-0.2, -0.15) is 0 Å². The van der Waals surface area contributed by atoms with E-state index in [4.69, 9.17) is 0 Å². The first kappa shape index (κ1) is 15.9. The van der Waals surface area contributed by atoms with E-state index in [0.29, 0.717) is 0 Å². The number of benzene rings is 3. The predicted octanol–water partition coefficient (Wildman–Crippen LogP) is 5.52. The van der Waals surface area contributed by atoms with E-state index in [2.05, 4.69) is 67.0 Å². The number of fused-ring (bicyclic) bond motifs is 2. The van der Waals surface area contributed by atoms with E-state index >= 15 is 0 Å². The Morgan fingerprint density at radius 1 is 0.920 bits per heavy atom. The van der Waals surface area contributed by atoms with Crippen LogP contribution < -0.4 is 9.80 Å². The summed E-state index contributed by atoms with van der Waals surface area (Å²) < 4.78 is 13.4. The molecule has 0 unspecified atom stereocenters. The van der Waals surface area contributed by atoms with Crippen LogP contribution in [-0.4, -0.2) is 13.2 Å². The Bertz CT molecular complexity index is 915. The van der Waals surface area contributed by atoms with Gasteiger partial charge in [0.1, 0.15) is 5.82 Å². The molecule has 0 N–H and O–H groups in total. The lowest BCUT2D eigenvalue weighted by Gasteiger charge is -2.38. The lowest BCUT2D eigenvalue weighted by molar-refractivity contribution is 0.488. The third-order valence-electron chi connectivity index (χ3n) is 5.39. The average molecular weight is 334 g/mol. The predicted molar refractivity (Wildman–Crippen MR) is 104 cm³/mol. The van der Waals surface area contributed by atoms with Gasteiger partial charge < -0.3 is 9.80 Å². The molecular formula is C22H23FN2. The summed E-state index contributed by atoms with van der Waals surface area (Å²) in [5.41, 5.74) is 3.41. The molecule has 128 valence electrons. The Morgan fingerprint density at radius 2 is 1.52 bits per heavy atom. The van der Waals surface area contributed by atoms with Gasteiger partial charge in [-0.3, -0.25) is 0 Å². The van der Waals surface area contributed by atoms with E-state index < -0.39 is 0 Å². The SMILES string of the molecule is CCN1CN(C(C)(C)c2ccc(F)cc2)c2cc3ccccc3cc21. The third-order valence-corrected chi connectivity index (χ3v) is 5.39. The number of rotatable bonds is 3. The van der Waals surface area contributed by atoms with E-state index in [0.717, 1.165) is 18.8 Å². The number of anilines is 2. The number of hydrogen-bond acceptors (Lipinski definition) is 2. The summed E-state index contributed by atoms with van der Waals surface area (Å²) in [6.45, 7) is 8.40. The molecule has 1 aliphatic rings. The first-order valence-electron chi connectivity index (χ1n) is 8.82. The maximum atomic E-state index is 13.4. The lowest BCUT2D eigenvalue weighted by Crippen LogP contribution is -2.43. The minimum absolute atomic E-state index is 0.192. The van der Waals surface area contributed by atoms with E-state index in [9.17, 15) is 4.39 Å². The highest BCUT2D eigenvalue weighted by Crippen LogP contribution is 2.45. The van der Waals surface area contributed by atoms with Crippen molar-refractivity contribution in [3.63, 3.8) is 0 Å². The molecule has 0 atom stereocenters.